The molecular formula is C19H23NOS. The predicted octanol–water partition coefficient (Wildman–Crippen LogP) is 4.68. The first kappa shape index (κ1) is 15.3. The van der Waals surface area contributed by atoms with Crippen LogP contribution in [0.25, 0.3) is 0 Å². The lowest BCUT2D eigenvalue weighted by atomic mass is 9.99. The predicted molar refractivity (Wildman–Crippen MR) is 92.7 cm³/mol. The normalized spacial score (nSPS) is 14.0. The third kappa shape index (κ3) is 3.41. The number of benzene rings is 1. The van der Waals surface area contributed by atoms with Crippen molar-refractivity contribution in [3.8, 4) is 0 Å². The molecule has 0 radical (unpaired) electrons. The fraction of sp³-hybridized carbons (Fsp3) is 0.421. The maximum absolute atomic E-state index is 12.3. The molecule has 0 unspecified atom stereocenters. The second-order valence-corrected chi connectivity index (χ2v) is 7.48. The van der Waals surface area contributed by atoms with E-state index in [2.05, 4.69) is 49.5 Å². The fourth-order valence-electron chi connectivity index (χ4n) is 2.89. The monoisotopic (exact) mass is 313 g/mol. The van der Waals surface area contributed by atoms with Crippen LogP contribution in [0.4, 0.5) is 0 Å². The molecule has 22 heavy (non-hydrogen) atoms. The number of aryl methyl sites for hydroxylation is 2. The molecule has 1 amide bonds. The average Bonchev–Trinajstić information content (AvgIpc) is 2.97. The fourth-order valence-corrected chi connectivity index (χ4v) is 4.06. The molecule has 1 aliphatic rings. The standard InChI is InChI=1S/C19H23NOS/c1-13(2)15-9-7-14(8-10-15)12-20-19(21)18-11-16-5-3-4-6-17(16)22-18/h7-11,13H,3-6,12H2,1-2H3,(H,20,21). The molecule has 1 aromatic carbocycles. The van der Waals surface area contributed by atoms with Gasteiger partial charge in [0.05, 0.1) is 4.88 Å². The van der Waals surface area contributed by atoms with Gasteiger partial charge in [-0.1, -0.05) is 38.1 Å². The van der Waals surface area contributed by atoms with Gasteiger partial charge in [0.25, 0.3) is 5.91 Å². The van der Waals surface area contributed by atoms with E-state index in [0.717, 1.165) is 23.3 Å². The lowest BCUT2D eigenvalue weighted by molar-refractivity contribution is 0.0955. The van der Waals surface area contributed by atoms with Crippen LogP contribution in [0.2, 0.25) is 0 Å². The van der Waals surface area contributed by atoms with Gasteiger partial charge in [0, 0.05) is 11.4 Å². The summed E-state index contributed by atoms with van der Waals surface area (Å²) in [5.41, 5.74) is 3.88. The molecule has 0 fully saturated rings. The van der Waals surface area contributed by atoms with Crippen LogP contribution in [0.1, 0.15) is 63.8 Å². The Kier molecular flexibility index (Phi) is 4.63. The second kappa shape index (κ2) is 6.66. The summed E-state index contributed by atoms with van der Waals surface area (Å²) >= 11 is 1.67. The van der Waals surface area contributed by atoms with E-state index in [1.807, 2.05) is 0 Å². The van der Waals surface area contributed by atoms with Gasteiger partial charge in [0.15, 0.2) is 0 Å². The first-order valence-electron chi connectivity index (χ1n) is 8.12. The van der Waals surface area contributed by atoms with E-state index < -0.39 is 0 Å². The molecule has 1 aromatic heterocycles. The lowest BCUT2D eigenvalue weighted by Crippen LogP contribution is -2.21. The zero-order valence-corrected chi connectivity index (χ0v) is 14.1. The van der Waals surface area contributed by atoms with E-state index in [1.54, 1.807) is 11.3 Å². The molecular weight excluding hydrogens is 290 g/mol. The molecule has 2 nitrogen and oxygen atoms in total. The largest absolute Gasteiger partial charge is 0.347 e. The van der Waals surface area contributed by atoms with Crippen molar-refractivity contribution in [1.82, 2.24) is 5.32 Å². The molecule has 1 aliphatic carbocycles. The zero-order valence-electron chi connectivity index (χ0n) is 13.3. The van der Waals surface area contributed by atoms with Crippen LogP contribution in [0.5, 0.6) is 0 Å². The average molecular weight is 313 g/mol. The van der Waals surface area contributed by atoms with Crippen molar-refractivity contribution in [3.05, 3.63) is 56.8 Å². The number of amides is 1. The molecule has 116 valence electrons. The molecule has 1 heterocycles. The zero-order chi connectivity index (χ0) is 15.5. The maximum Gasteiger partial charge on any atom is 0.261 e. The highest BCUT2D eigenvalue weighted by Gasteiger charge is 2.16. The van der Waals surface area contributed by atoms with Crippen molar-refractivity contribution >= 4 is 17.2 Å². The molecule has 3 heteroatoms. The Morgan fingerprint density at radius 1 is 1.18 bits per heavy atom. The number of carbonyl (C=O) groups excluding carboxylic acids is 1. The van der Waals surface area contributed by atoms with E-state index >= 15 is 0 Å². The van der Waals surface area contributed by atoms with Crippen molar-refractivity contribution in [2.75, 3.05) is 0 Å². The summed E-state index contributed by atoms with van der Waals surface area (Å²) in [6.07, 6.45) is 4.80. The molecule has 1 N–H and O–H groups in total. The van der Waals surface area contributed by atoms with Crippen LogP contribution in [0.15, 0.2) is 30.3 Å². The Labute approximate surface area is 136 Å². The van der Waals surface area contributed by atoms with Crippen molar-refractivity contribution in [2.24, 2.45) is 0 Å². The van der Waals surface area contributed by atoms with Gasteiger partial charge in [-0.3, -0.25) is 4.79 Å². The summed E-state index contributed by atoms with van der Waals surface area (Å²) in [7, 11) is 0. The lowest BCUT2D eigenvalue weighted by Gasteiger charge is -2.08. The molecule has 0 bridgehead atoms. The smallest absolute Gasteiger partial charge is 0.261 e. The SMILES string of the molecule is CC(C)c1ccc(CNC(=O)c2cc3c(s2)CCCC3)cc1. The van der Waals surface area contributed by atoms with Gasteiger partial charge in [-0.25, -0.2) is 0 Å². The number of hydrogen-bond donors (Lipinski definition) is 1. The molecule has 2 aromatic rings. The van der Waals surface area contributed by atoms with E-state index in [1.165, 1.54) is 28.8 Å². The summed E-state index contributed by atoms with van der Waals surface area (Å²) < 4.78 is 0. The van der Waals surface area contributed by atoms with E-state index in [0.29, 0.717) is 12.5 Å². The van der Waals surface area contributed by atoms with Gasteiger partial charge in [-0.05, 0) is 54.4 Å². The number of hydrogen-bond acceptors (Lipinski definition) is 2. The Balaban J connectivity index is 1.61. The Morgan fingerprint density at radius 3 is 2.59 bits per heavy atom. The van der Waals surface area contributed by atoms with Crippen LogP contribution < -0.4 is 5.32 Å². The minimum atomic E-state index is 0.0623. The summed E-state index contributed by atoms with van der Waals surface area (Å²) in [5.74, 6) is 0.605. The highest BCUT2D eigenvalue weighted by molar-refractivity contribution is 7.14. The number of rotatable bonds is 4. The maximum atomic E-state index is 12.3. The first-order valence-corrected chi connectivity index (χ1v) is 8.94. The van der Waals surface area contributed by atoms with E-state index in [9.17, 15) is 4.79 Å². The number of nitrogens with one attached hydrogen (secondary N) is 1. The second-order valence-electron chi connectivity index (χ2n) is 6.35. The Hall–Kier alpha value is -1.61. The summed E-state index contributed by atoms with van der Waals surface area (Å²) in [6.45, 7) is 4.98. The van der Waals surface area contributed by atoms with Crippen LogP contribution in [-0.4, -0.2) is 5.91 Å². The highest BCUT2D eigenvalue weighted by atomic mass is 32.1. The molecule has 3 rings (SSSR count). The summed E-state index contributed by atoms with van der Waals surface area (Å²) in [4.78, 5) is 14.6. The molecule has 0 saturated carbocycles. The summed E-state index contributed by atoms with van der Waals surface area (Å²) in [5, 5.41) is 3.04. The topological polar surface area (TPSA) is 29.1 Å². The van der Waals surface area contributed by atoms with Crippen LogP contribution >= 0.6 is 11.3 Å². The van der Waals surface area contributed by atoms with Crippen molar-refractivity contribution in [2.45, 2.75) is 52.0 Å². The molecule has 0 spiro atoms. The third-order valence-electron chi connectivity index (χ3n) is 4.32. The highest BCUT2D eigenvalue weighted by Crippen LogP contribution is 2.29. The Bertz CT molecular complexity index is 631. The number of fused-ring (bicyclic) bond motifs is 1. The van der Waals surface area contributed by atoms with Gasteiger partial charge < -0.3 is 5.32 Å². The van der Waals surface area contributed by atoms with Crippen molar-refractivity contribution in [3.63, 3.8) is 0 Å². The van der Waals surface area contributed by atoms with Gasteiger partial charge in [0.2, 0.25) is 0 Å². The van der Waals surface area contributed by atoms with Gasteiger partial charge in [-0.15, -0.1) is 11.3 Å². The van der Waals surface area contributed by atoms with E-state index in [4.69, 9.17) is 0 Å². The van der Waals surface area contributed by atoms with Gasteiger partial charge in [-0.2, -0.15) is 0 Å². The van der Waals surface area contributed by atoms with Crippen LogP contribution in [0, 0.1) is 0 Å². The van der Waals surface area contributed by atoms with Gasteiger partial charge >= 0.3 is 0 Å². The van der Waals surface area contributed by atoms with Crippen molar-refractivity contribution < 1.29 is 4.79 Å². The van der Waals surface area contributed by atoms with Crippen LogP contribution in [0.3, 0.4) is 0 Å². The van der Waals surface area contributed by atoms with Crippen LogP contribution in [-0.2, 0) is 19.4 Å². The molecule has 0 saturated heterocycles. The number of thiophene rings is 1. The summed E-state index contributed by atoms with van der Waals surface area (Å²) in [6, 6.07) is 10.6. The first-order chi connectivity index (χ1) is 10.6. The van der Waals surface area contributed by atoms with E-state index in [-0.39, 0.29) is 5.91 Å². The minimum absolute atomic E-state index is 0.0623. The van der Waals surface area contributed by atoms with Crippen molar-refractivity contribution in [1.29, 1.82) is 0 Å². The number of carbonyl (C=O) groups is 1. The Morgan fingerprint density at radius 2 is 1.91 bits per heavy atom. The molecule has 0 atom stereocenters. The quantitative estimate of drug-likeness (QED) is 0.872. The third-order valence-corrected chi connectivity index (χ3v) is 5.56. The van der Waals surface area contributed by atoms with Gasteiger partial charge in [0.1, 0.15) is 0 Å². The molecule has 0 aliphatic heterocycles. The minimum Gasteiger partial charge on any atom is -0.347 e.